The Balaban J connectivity index is 2.93. The van der Waals surface area contributed by atoms with Crippen LogP contribution in [0.15, 0.2) is 0 Å². The molecule has 1 heterocycles. The monoisotopic (exact) mass is 250 g/mol. The zero-order chi connectivity index (χ0) is 13.4. The second kappa shape index (κ2) is 4.84. The molecule has 1 aliphatic rings. The van der Waals surface area contributed by atoms with Gasteiger partial charge in [0, 0.05) is 6.42 Å². The van der Waals surface area contributed by atoms with Crippen molar-refractivity contribution in [2.75, 3.05) is 0 Å². The van der Waals surface area contributed by atoms with Crippen LogP contribution in [0.3, 0.4) is 0 Å². The van der Waals surface area contributed by atoms with Gasteiger partial charge in [-0.05, 0) is 6.92 Å². The lowest BCUT2D eigenvalue weighted by atomic mass is 9.89. The minimum Gasteiger partial charge on any atom is -0.477 e. The number of carbonyl (C=O) groups is 1. The number of nitrogens with two attached hydrogens (primary N) is 2. The Morgan fingerprint density at radius 2 is 2.12 bits per heavy atom. The second-order valence-electron chi connectivity index (χ2n) is 4.34. The maximum Gasteiger partial charge on any atom is 0.364 e. The molecule has 0 aromatic rings. The fourth-order valence-corrected chi connectivity index (χ4v) is 1.74. The van der Waals surface area contributed by atoms with E-state index in [0.717, 1.165) is 0 Å². The minimum atomic E-state index is -2.54. The molecule has 8 nitrogen and oxygen atoms in total. The number of hydrogen-bond donors (Lipinski definition) is 6. The van der Waals surface area contributed by atoms with E-state index in [1.165, 1.54) is 6.92 Å². The van der Waals surface area contributed by atoms with E-state index in [0.29, 0.717) is 0 Å². The summed E-state index contributed by atoms with van der Waals surface area (Å²) in [5, 5.41) is 37.4. The first-order valence-corrected chi connectivity index (χ1v) is 5.20. The van der Waals surface area contributed by atoms with Gasteiger partial charge in [-0.3, -0.25) is 0 Å². The summed E-state index contributed by atoms with van der Waals surface area (Å²) in [5.74, 6) is -4.17. The summed E-state index contributed by atoms with van der Waals surface area (Å²) in [7, 11) is 0. The van der Waals surface area contributed by atoms with Crippen molar-refractivity contribution in [3.63, 3.8) is 0 Å². The van der Waals surface area contributed by atoms with Crippen molar-refractivity contribution >= 4 is 5.97 Å². The molecule has 6 atom stereocenters. The number of rotatable bonds is 3. The summed E-state index contributed by atoms with van der Waals surface area (Å²) < 4.78 is 4.93. The van der Waals surface area contributed by atoms with Gasteiger partial charge in [0.1, 0.15) is 0 Å². The topological polar surface area (TPSA) is 159 Å². The van der Waals surface area contributed by atoms with Crippen LogP contribution in [0.4, 0.5) is 0 Å². The molecular formula is C9H18N2O6. The largest absolute Gasteiger partial charge is 0.477 e. The normalized spacial score (nSPS) is 41.9. The lowest BCUT2D eigenvalue weighted by Crippen LogP contribution is -2.66. The third-order valence-corrected chi connectivity index (χ3v) is 2.91. The molecule has 0 radical (unpaired) electrons. The molecule has 0 saturated carbocycles. The van der Waals surface area contributed by atoms with E-state index in [4.69, 9.17) is 21.3 Å². The number of aliphatic carboxylic acids is 1. The molecule has 0 spiro atoms. The lowest BCUT2D eigenvalue weighted by Gasteiger charge is -2.43. The molecule has 1 aliphatic heterocycles. The smallest absolute Gasteiger partial charge is 0.364 e. The number of carboxylic acid groups (broad SMARTS) is 1. The summed E-state index contributed by atoms with van der Waals surface area (Å²) in [4.78, 5) is 10.8. The Hall–Kier alpha value is -0.770. The highest BCUT2D eigenvalue weighted by atomic mass is 16.7. The number of aliphatic hydroxyl groups is 3. The molecule has 100 valence electrons. The summed E-state index contributed by atoms with van der Waals surface area (Å²) in [6, 6.07) is -1.98. The molecule has 0 amide bonds. The van der Waals surface area contributed by atoms with Crippen LogP contribution in [0.25, 0.3) is 0 Å². The molecule has 17 heavy (non-hydrogen) atoms. The highest BCUT2D eigenvalue weighted by molar-refractivity contribution is 5.75. The van der Waals surface area contributed by atoms with E-state index in [-0.39, 0.29) is 0 Å². The van der Waals surface area contributed by atoms with Crippen molar-refractivity contribution in [2.45, 2.75) is 49.5 Å². The van der Waals surface area contributed by atoms with Crippen molar-refractivity contribution < 1.29 is 30.0 Å². The quantitative estimate of drug-likeness (QED) is 0.308. The van der Waals surface area contributed by atoms with Crippen LogP contribution in [0.2, 0.25) is 0 Å². The number of hydrogen-bond acceptors (Lipinski definition) is 7. The number of ether oxygens (including phenoxy) is 1. The fourth-order valence-electron chi connectivity index (χ4n) is 1.74. The van der Waals surface area contributed by atoms with Gasteiger partial charge in [0.2, 0.25) is 0 Å². The van der Waals surface area contributed by atoms with Crippen LogP contribution in [-0.2, 0) is 9.53 Å². The van der Waals surface area contributed by atoms with Gasteiger partial charge in [-0.1, -0.05) is 0 Å². The summed E-state index contributed by atoms with van der Waals surface area (Å²) in [6.07, 6.45) is -4.00. The molecule has 0 aliphatic carbocycles. The standard InChI is InChI=1S/C9H18N2O6/c1-3(12)5(10)7-6(11)4(13)2-9(16,17-7)8(14)15/h3-7,12-13,16H,2,10-11H2,1H3,(H,14,15)/t3-,4-,5-,6+,7-,9?/m0/s1. The van der Waals surface area contributed by atoms with Crippen molar-refractivity contribution in [3.8, 4) is 0 Å². The maximum absolute atomic E-state index is 10.8. The Morgan fingerprint density at radius 1 is 1.59 bits per heavy atom. The van der Waals surface area contributed by atoms with E-state index in [9.17, 15) is 20.1 Å². The van der Waals surface area contributed by atoms with E-state index in [2.05, 4.69) is 0 Å². The molecule has 1 saturated heterocycles. The SMILES string of the molecule is C[C@H](O)[C@H](N)[C@@H]1OC(O)(C(=O)O)C[C@H](O)[C@H]1N. The first kappa shape index (κ1) is 14.3. The van der Waals surface area contributed by atoms with Gasteiger partial charge in [-0.2, -0.15) is 0 Å². The van der Waals surface area contributed by atoms with Gasteiger partial charge in [0.25, 0.3) is 5.79 Å². The second-order valence-corrected chi connectivity index (χ2v) is 4.34. The Bertz CT molecular complexity index is 295. The van der Waals surface area contributed by atoms with Gasteiger partial charge in [-0.15, -0.1) is 0 Å². The first-order chi connectivity index (χ1) is 7.69. The Morgan fingerprint density at radius 3 is 2.53 bits per heavy atom. The number of carboxylic acids is 1. The summed E-state index contributed by atoms with van der Waals surface area (Å²) >= 11 is 0. The van der Waals surface area contributed by atoms with Crippen LogP contribution in [0.5, 0.6) is 0 Å². The fraction of sp³-hybridized carbons (Fsp3) is 0.889. The van der Waals surface area contributed by atoms with Crippen LogP contribution >= 0.6 is 0 Å². The molecule has 1 unspecified atom stereocenters. The highest BCUT2D eigenvalue weighted by Crippen LogP contribution is 2.28. The van der Waals surface area contributed by atoms with E-state index < -0.39 is 48.6 Å². The van der Waals surface area contributed by atoms with Gasteiger partial charge in [-0.25, -0.2) is 4.79 Å². The van der Waals surface area contributed by atoms with Crippen LogP contribution in [0, 0.1) is 0 Å². The van der Waals surface area contributed by atoms with E-state index in [1.807, 2.05) is 0 Å². The first-order valence-electron chi connectivity index (χ1n) is 5.20. The average molecular weight is 250 g/mol. The van der Waals surface area contributed by atoms with E-state index >= 15 is 0 Å². The lowest BCUT2D eigenvalue weighted by molar-refractivity contribution is -0.279. The van der Waals surface area contributed by atoms with Gasteiger partial charge in [0.15, 0.2) is 0 Å². The molecule has 1 rings (SSSR count). The molecule has 0 aromatic carbocycles. The van der Waals surface area contributed by atoms with Crippen molar-refractivity contribution in [1.29, 1.82) is 0 Å². The highest BCUT2D eigenvalue weighted by Gasteiger charge is 2.51. The van der Waals surface area contributed by atoms with Crippen LogP contribution < -0.4 is 11.5 Å². The van der Waals surface area contributed by atoms with Crippen molar-refractivity contribution in [1.82, 2.24) is 0 Å². The Kier molecular flexibility index (Phi) is 4.07. The average Bonchev–Trinajstić information content (AvgIpc) is 2.22. The molecule has 0 aromatic heterocycles. The molecule has 8 heteroatoms. The molecule has 0 bridgehead atoms. The third-order valence-electron chi connectivity index (χ3n) is 2.91. The van der Waals surface area contributed by atoms with Gasteiger partial charge >= 0.3 is 5.97 Å². The van der Waals surface area contributed by atoms with Gasteiger partial charge < -0.3 is 36.6 Å². The number of aliphatic hydroxyl groups excluding tert-OH is 2. The third kappa shape index (κ3) is 2.73. The summed E-state index contributed by atoms with van der Waals surface area (Å²) in [6.45, 7) is 1.38. The van der Waals surface area contributed by atoms with E-state index in [1.54, 1.807) is 0 Å². The van der Waals surface area contributed by atoms with Crippen molar-refractivity contribution in [2.24, 2.45) is 11.5 Å². The van der Waals surface area contributed by atoms with Crippen molar-refractivity contribution in [3.05, 3.63) is 0 Å². The predicted octanol–water partition coefficient (Wildman–Crippen LogP) is -3.06. The van der Waals surface area contributed by atoms with Gasteiger partial charge in [0.05, 0.1) is 30.4 Å². The zero-order valence-corrected chi connectivity index (χ0v) is 9.35. The predicted molar refractivity (Wildman–Crippen MR) is 55.7 cm³/mol. The maximum atomic E-state index is 10.8. The zero-order valence-electron chi connectivity index (χ0n) is 9.35. The molecule has 1 fully saturated rings. The molecule has 8 N–H and O–H groups in total. The minimum absolute atomic E-state index is 0.549. The van der Waals surface area contributed by atoms with Crippen LogP contribution in [-0.4, -0.2) is 62.6 Å². The summed E-state index contributed by atoms with van der Waals surface area (Å²) in [5.41, 5.74) is 11.2. The Labute approximate surface area is 97.8 Å². The van der Waals surface area contributed by atoms with Crippen LogP contribution in [0.1, 0.15) is 13.3 Å². The molecular weight excluding hydrogens is 232 g/mol.